The van der Waals surface area contributed by atoms with Crippen LogP contribution in [0.15, 0.2) is 53.0 Å². The van der Waals surface area contributed by atoms with E-state index in [0.29, 0.717) is 6.54 Å². The van der Waals surface area contributed by atoms with E-state index in [0.717, 1.165) is 21.3 Å². The number of carbonyl (C=O) groups is 1. The zero-order chi connectivity index (χ0) is 13.7. The van der Waals surface area contributed by atoms with Crippen molar-refractivity contribution >= 4 is 27.6 Å². The van der Waals surface area contributed by atoms with Gasteiger partial charge in [0.2, 0.25) is 0 Å². The number of amides is 2. The average Bonchev–Trinajstić information content (AvgIpc) is 2.42. The third-order valence-corrected chi connectivity index (χ3v) is 3.24. The van der Waals surface area contributed by atoms with Gasteiger partial charge in [-0.3, -0.25) is 0 Å². The van der Waals surface area contributed by atoms with Crippen LogP contribution in [0.25, 0.3) is 0 Å². The van der Waals surface area contributed by atoms with E-state index in [9.17, 15) is 4.79 Å². The van der Waals surface area contributed by atoms with Gasteiger partial charge in [-0.25, -0.2) is 4.79 Å². The summed E-state index contributed by atoms with van der Waals surface area (Å²) in [7, 11) is 0. The summed E-state index contributed by atoms with van der Waals surface area (Å²) in [6.45, 7) is 2.47. The van der Waals surface area contributed by atoms with Crippen LogP contribution in [-0.4, -0.2) is 6.03 Å². The molecule has 2 N–H and O–H groups in total. The van der Waals surface area contributed by atoms with Gasteiger partial charge in [0.15, 0.2) is 0 Å². The molecule has 0 heterocycles. The molecular formula is C15H15BrN2O. The normalized spacial score (nSPS) is 10.0. The highest BCUT2D eigenvalue weighted by Crippen LogP contribution is 2.20. The molecule has 0 atom stereocenters. The minimum atomic E-state index is -0.204. The van der Waals surface area contributed by atoms with Gasteiger partial charge in [0.1, 0.15) is 0 Å². The smallest absolute Gasteiger partial charge is 0.319 e. The number of benzene rings is 2. The van der Waals surface area contributed by atoms with E-state index >= 15 is 0 Å². The molecule has 19 heavy (non-hydrogen) atoms. The zero-order valence-corrected chi connectivity index (χ0v) is 12.2. The summed E-state index contributed by atoms with van der Waals surface area (Å²) in [6, 6.07) is 15.4. The predicted molar refractivity (Wildman–Crippen MR) is 81.2 cm³/mol. The van der Waals surface area contributed by atoms with Gasteiger partial charge in [-0.05, 0) is 30.2 Å². The molecule has 4 heteroatoms. The Labute approximate surface area is 121 Å². The Bertz CT molecular complexity index is 570. The molecule has 0 aliphatic rings. The maximum Gasteiger partial charge on any atom is 0.319 e. The van der Waals surface area contributed by atoms with Gasteiger partial charge in [-0.15, -0.1) is 0 Å². The minimum absolute atomic E-state index is 0.204. The third-order valence-electron chi connectivity index (χ3n) is 2.74. The number of rotatable bonds is 3. The second kappa shape index (κ2) is 6.38. The van der Waals surface area contributed by atoms with Crippen molar-refractivity contribution in [2.75, 3.05) is 5.32 Å². The first-order valence-corrected chi connectivity index (χ1v) is 6.79. The number of urea groups is 1. The largest absolute Gasteiger partial charge is 0.334 e. The predicted octanol–water partition coefficient (Wildman–Crippen LogP) is 4.08. The summed E-state index contributed by atoms with van der Waals surface area (Å²) in [6.07, 6.45) is 0. The van der Waals surface area contributed by atoms with Gasteiger partial charge in [0, 0.05) is 16.7 Å². The Hall–Kier alpha value is -1.81. The van der Waals surface area contributed by atoms with Crippen molar-refractivity contribution in [2.24, 2.45) is 0 Å². The van der Waals surface area contributed by atoms with E-state index in [1.165, 1.54) is 0 Å². The van der Waals surface area contributed by atoms with Crippen LogP contribution in [0.1, 0.15) is 11.1 Å². The maximum atomic E-state index is 11.8. The van der Waals surface area contributed by atoms with Crippen molar-refractivity contribution in [3.8, 4) is 0 Å². The number of carbonyl (C=O) groups excluding carboxylic acids is 1. The maximum absolute atomic E-state index is 11.8. The van der Waals surface area contributed by atoms with Gasteiger partial charge in [-0.2, -0.15) is 0 Å². The van der Waals surface area contributed by atoms with Crippen molar-refractivity contribution in [2.45, 2.75) is 13.5 Å². The van der Waals surface area contributed by atoms with E-state index in [1.54, 1.807) is 0 Å². The van der Waals surface area contributed by atoms with E-state index in [2.05, 4.69) is 26.6 Å². The first-order chi connectivity index (χ1) is 9.15. The van der Waals surface area contributed by atoms with E-state index in [-0.39, 0.29) is 6.03 Å². The summed E-state index contributed by atoms with van der Waals surface area (Å²) in [5.74, 6) is 0. The lowest BCUT2D eigenvalue weighted by atomic mass is 10.2. The molecule has 0 fully saturated rings. The number of hydrogen-bond donors (Lipinski definition) is 2. The lowest BCUT2D eigenvalue weighted by Crippen LogP contribution is -2.28. The molecule has 2 aromatic carbocycles. The molecule has 0 aromatic heterocycles. The quantitative estimate of drug-likeness (QED) is 0.879. The van der Waals surface area contributed by atoms with Crippen LogP contribution >= 0.6 is 15.9 Å². The molecule has 0 saturated carbocycles. The molecule has 0 saturated heterocycles. The summed E-state index contributed by atoms with van der Waals surface area (Å²) in [5.41, 5.74) is 2.90. The fraction of sp³-hybridized carbons (Fsp3) is 0.133. The molecular weight excluding hydrogens is 304 g/mol. The van der Waals surface area contributed by atoms with Gasteiger partial charge in [0.05, 0.1) is 0 Å². The van der Waals surface area contributed by atoms with Crippen LogP contribution < -0.4 is 10.6 Å². The Balaban J connectivity index is 1.93. The van der Waals surface area contributed by atoms with Crippen molar-refractivity contribution in [1.29, 1.82) is 0 Å². The van der Waals surface area contributed by atoms with E-state index in [4.69, 9.17) is 0 Å². The molecule has 0 aliphatic heterocycles. The van der Waals surface area contributed by atoms with Gasteiger partial charge < -0.3 is 10.6 Å². The van der Waals surface area contributed by atoms with Crippen LogP contribution in [0.2, 0.25) is 0 Å². The molecule has 0 aliphatic carbocycles. The Morgan fingerprint density at radius 2 is 1.89 bits per heavy atom. The number of nitrogens with one attached hydrogen (secondary N) is 2. The first-order valence-electron chi connectivity index (χ1n) is 6.00. The third kappa shape index (κ3) is 4.10. The topological polar surface area (TPSA) is 41.1 Å². The highest BCUT2D eigenvalue weighted by Gasteiger charge is 2.04. The van der Waals surface area contributed by atoms with Crippen LogP contribution in [0, 0.1) is 6.92 Å². The molecule has 0 radical (unpaired) electrons. The Kier molecular flexibility index (Phi) is 4.58. The molecule has 2 aromatic rings. The van der Waals surface area contributed by atoms with E-state index < -0.39 is 0 Å². The van der Waals surface area contributed by atoms with Gasteiger partial charge in [-0.1, -0.05) is 52.3 Å². The van der Waals surface area contributed by atoms with Gasteiger partial charge in [0.25, 0.3) is 0 Å². The van der Waals surface area contributed by atoms with Crippen LogP contribution in [0.4, 0.5) is 10.5 Å². The first kappa shape index (κ1) is 13.6. The highest BCUT2D eigenvalue weighted by molar-refractivity contribution is 9.10. The van der Waals surface area contributed by atoms with Crippen LogP contribution in [0.5, 0.6) is 0 Å². The standard InChI is InChI=1S/C15H15BrN2O/c1-11-7-8-13(16)9-14(11)18-15(19)17-10-12-5-3-2-4-6-12/h2-9H,10H2,1H3,(H2,17,18,19). The molecule has 3 nitrogen and oxygen atoms in total. The molecule has 2 rings (SSSR count). The van der Waals surface area contributed by atoms with Gasteiger partial charge >= 0.3 is 6.03 Å². The number of anilines is 1. The van der Waals surface area contributed by atoms with Crippen molar-refractivity contribution in [3.63, 3.8) is 0 Å². The average molecular weight is 319 g/mol. The fourth-order valence-corrected chi connectivity index (χ4v) is 2.03. The second-order valence-corrected chi connectivity index (χ2v) is 5.17. The molecule has 0 spiro atoms. The molecule has 0 unspecified atom stereocenters. The van der Waals surface area contributed by atoms with Crippen molar-refractivity contribution < 1.29 is 4.79 Å². The van der Waals surface area contributed by atoms with Crippen LogP contribution in [0.3, 0.4) is 0 Å². The molecule has 98 valence electrons. The minimum Gasteiger partial charge on any atom is -0.334 e. The molecule has 2 amide bonds. The summed E-state index contributed by atoms with van der Waals surface area (Å²) in [4.78, 5) is 11.8. The number of halogens is 1. The van der Waals surface area contributed by atoms with E-state index in [1.807, 2.05) is 55.5 Å². The van der Waals surface area contributed by atoms with Crippen LogP contribution in [-0.2, 0) is 6.54 Å². The molecule has 0 bridgehead atoms. The number of aryl methyl sites for hydroxylation is 1. The monoisotopic (exact) mass is 318 g/mol. The fourth-order valence-electron chi connectivity index (χ4n) is 1.67. The van der Waals surface area contributed by atoms with Crippen molar-refractivity contribution in [3.05, 3.63) is 64.1 Å². The summed E-state index contributed by atoms with van der Waals surface area (Å²) in [5, 5.41) is 5.67. The SMILES string of the molecule is Cc1ccc(Br)cc1NC(=O)NCc1ccccc1. The zero-order valence-electron chi connectivity index (χ0n) is 10.6. The highest BCUT2D eigenvalue weighted by atomic mass is 79.9. The Morgan fingerprint density at radius 1 is 1.16 bits per heavy atom. The summed E-state index contributed by atoms with van der Waals surface area (Å²) < 4.78 is 0.941. The lowest BCUT2D eigenvalue weighted by molar-refractivity contribution is 0.251. The number of hydrogen-bond acceptors (Lipinski definition) is 1. The summed E-state index contributed by atoms with van der Waals surface area (Å²) >= 11 is 3.39. The lowest BCUT2D eigenvalue weighted by Gasteiger charge is -2.10. The van der Waals surface area contributed by atoms with Crippen molar-refractivity contribution in [1.82, 2.24) is 5.32 Å². The second-order valence-electron chi connectivity index (χ2n) is 4.25. The Morgan fingerprint density at radius 3 is 2.63 bits per heavy atom.